The molecule has 0 aromatic carbocycles. The number of hydrogen-bond acceptors (Lipinski definition) is 4. The number of nitrogens with one attached hydrogen (secondary N) is 1. The van der Waals surface area contributed by atoms with Crippen LogP contribution < -0.4 is 11.1 Å². The van der Waals surface area contributed by atoms with Crippen molar-refractivity contribution in [2.45, 2.75) is 39.3 Å². The molecule has 0 saturated heterocycles. The molecular weight excluding hydrogens is 232 g/mol. The monoisotopic (exact) mass is 256 g/mol. The number of hydrogen-bond donors (Lipinski definition) is 2. The van der Waals surface area contributed by atoms with E-state index in [0.717, 1.165) is 32.5 Å². The smallest absolute Gasteiger partial charge is 0.0462 e. The lowest BCUT2D eigenvalue weighted by molar-refractivity contribution is 0.190. The Bertz CT molecular complexity index is 306. The Labute approximate surface area is 108 Å². The van der Waals surface area contributed by atoms with Crippen LogP contribution in [0.2, 0.25) is 0 Å². The lowest BCUT2D eigenvalue weighted by Gasteiger charge is -2.11. The Balaban J connectivity index is 2.14. The van der Waals surface area contributed by atoms with E-state index in [0.29, 0.717) is 0 Å². The van der Waals surface area contributed by atoms with Gasteiger partial charge < -0.3 is 15.8 Å². The first-order chi connectivity index (χ1) is 8.13. The molecule has 0 fully saturated rings. The molecule has 0 aliphatic rings. The van der Waals surface area contributed by atoms with Crippen molar-refractivity contribution in [3.8, 4) is 0 Å². The molecule has 0 spiro atoms. The maximum Gasteiger partial charge on any atom is 0.0462 e. The second-order valence-electron chi connectivity index (χ2n) is 4.48. The highest BCUT2D eigenvalue weighted by molar-refractivity contribution is 7.12. The van der Waals surface area contributed by atoms with E-state index in [1.54, 1.807) is 7.11 Å². The molecule has 1 heterocycles. The Kier molecular flexibility index (Phi) is 6.73. The predicted molar refractivity (Wildman–Crippen MR) is 74.6 cm³/mol. The molecule has 0 amide bonds. The summed E-state index contributed by atoms with van der Waals surface area (Å²) in [6, 6.07) is 2.48. The standard InChI is InChI=1S/C13H24N2OS/c1-10-7-13(17-11(10)2)9-15-8-12(14)5-4-6-16-3/h7,12,15H,4-6,8-9,14H2,1-3H3. The summed E-state index contributed by atoms with van der Waals surface area (Å²) in [6.45, 7) is 6.93. The molecule has 1 unspecified atom stereocenters. The lowest BCUT2D eigenvalue weighted by atomic mass is 10.2. The Morgan fingerprint density at radius 2 is 2.24 bits per heavy atom. The van der Waals surface area contributed by atoms with Gasteiger partial charge in [-0.05, 0) is 38.3 Å². The van der Waals surface area contributed by atoms with E-state index in [1.165, 1.54) is 15.3 Å². The van der Waals surface area contributed by atoms with Gasteiger partial charge in [0.25, 0.3) is 0 Å². The van der Waals surface area contributed by atoms with Gasteiger partial charge in [0.1, 0.15) is 0 Å². The summed E-state index contributed by atoms with van der Waals surface area (Å²) < 4.78 is 5.01. The average molecular weight is 256 g/mol. The zero-order chi connectivity index (χ0) is 12.7. The molecule has 1 aromatic rings. The number of nitrogens with two attached hydrogens (primary N) is 1. The van der Waals surface area contributed by atoms with Crippen LogP contribution in [0.25, 0.3) is 0 Å². The molecule has 1 aromatic heterocycles. The second kappa shape index (κ2) is 7.82. The van der Waals surface area contributed by atoms with Crippen molar-refractivity contribution >= 4 is 11.3 Å². The van der Waals surface area contributed by atoms with Gasteiger partial charge in [-0.3, -0.25) is 0 Å². The normalized spacial score (nSPS) is 12.9. The van der Waals surface area contributed by atoms with Gasteiger partial charge in [0.05, 0.1) is 0 Å². The number of methoxy groups -OCH3 is 1. The van der Waals surface area contributed by atoms with Crippen molar-refractivity contribution in [1.29, 1.82) is 0 Å². The summed E-state index contributed by atoms with van der Waals surface area (Å²) in [4.78, 5) is 2.80. The highest BCUT2D eigenvalue weighted by Gasteiger charge is 2.04. The molecule has 3 nitrogen and oxygen atoms in total. The van der Waals surface area contributed by atoms with Gasteiger partial charge in [-0.1, -0.05) is 0 Å². The van der Waals surface area contributed by atoms with Crippen LogP contribution in [0.4, 0.5) is 0 Å². The number of thiophene rings is 1. The SMILES string of the molecule is COCCCC(N)CNCc1cc(C)c(C)s1. The highest BCUT2D eigenvalue weighted by Crippen LogP contribution is 2.20. The molecule has 0 aliphatic carbocycles. The van der Waals surface area contributed by atoms with Crippen molar-refractivity contribution < 1.29 is 4.74 Å². The van der Waals surface area contributed by atoms with Crippen LogP contribution >= 0.6 is 11.3 Å². The van der Waals surface area contributed by atoms with Crippen molar-refractivity contribution in [3.63, 3.8) is 0 Å². The molecule has 0 saturated carbocycles. The van der Waals surface area contributed by atoms with Crippen LogP contribution in [0.1, 0.15) is 28.2 Å². The third kappa shape index (κ3) is 5.64. The van der Waals surface area contributed by atoms with E-state index in [4.69, 9.17) is 10.5 Å². The van der Waals surface area contributed by atoms with Gasteiger partial charge in [0.15, 0.2) is 0 Å². The molecular formula is C13H24N2OS. The maximum atomic E-state index is 6.00. The first-order valence-corrected chi connectivity index (χ1v) is 6.96. The van der Waals surface area contributed by atoms with E-state index < -0.39 is 0 Å². The number of aryl methyl sites for hydroxylation is 2. The molecule has 3 N–H and O–H groups in total. The molecule has 1 atom stereocenters. The van der Waals surface area contributed by atoms with Crippen LogP contribution in [-0.4, -0.2) is 26.3 Å². The fourth-order valence-electron chi connectivity index (χ4n) is 1.71. The van der Waals surface area contributed by atoms with E-state index in [9.17, 15) is 0 Å². The van der Waals surface area contributed by atoms with Crippen LogP contribution in [-0.2, 0) is 11.3 Å². The fraction of sp³-hybridized carbons (Fsp3) is 0.692. The second-order valence-corrected chi connectivity index (χ2v) is 5.82. The van der Waals surface area contributed by atoms with E-state index in [2.05, 4.69) is 25.2 Å². The number of rotatable bonds is 8. The minimum absolute atomic E-state index is 0.229. The largest absolute Gasteiger partial charge is 0.385 e. The molecule has 98 valence electrons. The van der Waals surface area contributed by atoms with Crippen molar-refractivity contribution in [2.24, 2.45) is 5.73 Å². The van der Waals surface area contributed by atoms with Crippen LogP contribution in [0.15, 0.2) is 6.07 Å². The quantitative estimate of drug-likeness (QED) is 0.701. The summed E-state index contributed by atoms with van der Waals surface area (Å²) in [7, 11) is 1.73. The van der Waals surface area contributed by atoms with Gasteiger partial charge in [-0.2, -0.15) is 0 Å². The summed E-state index contributed by atoms with van der Waals surface area (Å²) in [5, 5.41) is 3.41. The van der Waals surface area contributed by atoms with Gasteiger partial charge in [0.2, 0.25) is 0 Å². The Morgan fingerprint density at radius 3 is 2.82 bits per heavy atom. The Hall–Kier alpha value is -0.420. The first kappa shape index (κ1) is 14.6. The van der Waals surface area contributed by atoms with E-state index >= 15 is 0 Å². The number of ether oxygens (including phenoxy) is 1. The predicted octanol–water partition coefficient (Wildman–Crippen LogP) is 2.21. The van der Waals surface area contributed by atoms with E-state index in [1.807, 2.05) is 11.3 Å². The zero-order valence-electron chi connectivity index (χ0n) is 11.1. The summed E-state index contributed by atoms with van der Waals surface area (Å²) in [6.07, 6.45) is 2.06. The maximum absolute atomic E-state index is 6.00. The molecule has 17 heavy (non-hydrogen) atoms. The van der Waals surface area contributed by atoms with Crippen molar-refractivity contribution in [2.75, 3.05) is 20.3 Å². The minimum atomic E-state index is 0.229. The van der Waals surface area contributed by atoms with Gasteiger partial charge in [-0.15, -0.1) is 11.3 Å². The zero-order valence-corrected chi connectivity index (χ0v) is 11.9. The van der Waals surface area contributed by atoms with Crippen molar-refractivity contribution in [1.82, 2.24) is 5.32 Å². The van der Waals surface area contributed by atoms with Crippen LogP contribution in [0.3, 0.4) is 0 Å². The molecule has 1 rings (SSSR count). The third-order valence-corrected chi connectivity index (χ3v) is 4.00. The van der Waals surface area contributed by atoms with Crippen LogP contribution in [0, 0.1) is 13.8 Å². The lowest BCUT2D eigenvalue weighted by Crippen LogP contribution is -2.33. The topological polar surface area (TPSA) is 47.3 Å². The fourth-order valence-corrected chi connectivity index (χ4v) is 2.73. The first-order valence-electron chi connectivity index (χ1n) is 6.14. The molecule has 0 radical (unpaired) electrons. The summed E-state index contributed by atoms with van der Waals surface area (Å²) in [5.74, 6) is 0. The Morgan fingerprint density at radius 1 is 1.47 bits per heavy atom. The minimum Gasteiger partial charge on any atom is -0.385 e. The van der Waals surface area contributed by atoms with Gasteiger partial charge >= 0.3 is 0 Å². The molecule has 4 heteroatoms. The third-order valence-electron chi connectivity index (χ3n) is 2.85. The summed E-state index contributed by atoms with van der Waals surface area (Å²) in [5.41, 5.74) is 7.38. The van der Waals surface area contributed by atoms with E-state index in [-0.39, 0.29) is 6.04 Å². The van der Waals surface area contributed by atoms with Crippen LogP contribution in [0.5, 0.6) is 0 Å². The molecule has 0 bridgehead atoms. The van der Waals surface area contributed by atoms with Crippen molar-refractivity contribution in [3.05, 3.63) is 21.4 Å². The molecule has 0 aliphatic heterocycles. The highest BCUT2D eigenvalue weighted by atomic mass is 32.1. The summed E-state index contributed by atoms with van der Waals surface area (Å²) >= 11 is 1.86. The average Bonchev–Trinajstić information content (AvgIpc) is 2.59. The van der Waals surface area contributed by atoms with Gasteiger partial charge in [-0.25, -0.2) is 0 Å². The van der Waals surface area contributed by atoms with Gasteiger partial charge in [0, 0.05) is 42.6 Å².